The van der Waals surface area contributed by atoms with E-state index in [9.17, 15) is 14.7 Å². The van der Waals surface area contributed by atoms with Gasteiger partial charge in [-0.2, -0.15) is 0 Å². The number of hydrogen-bond acceptors (Lipinski definition) is 5. The second-order valence-electron chi connectivity index (χ2n) is 9.18. The van der Waals surface area contributed by atoms with Crippen molar-refractivity contribution in [2.24, 2.45) is 0 Å². The fourth-order valence-electron chi connectivity index (χ4n) is 3.99. The fourth-order valence-corrected chi connectivity index (χ4v) is 3.99. The Labute approximate surface area is 193 Å². The number of ether oxygens (including phenoxy) is 1. The van der Waals surface area contributed by atoms with Crippen LogP contribution in [0.15, 0.2) is 82.7 Å². The molecule has 0 fully saturated rings. The summed E-state index contributed by atoms with van der Waals surface area (Å²) >= 11 is 0. The second kappa shape index (κ2) is 8.62. The largest absolute Gasteiger partial charge is 0.503 e. The molecule has 4 rings (SSSR count). The summed E-state index contributed by atoms with van der Waals surface area (Å²) in [6.07, 6.45) is 1.39. The van der Waals surface area contributed by atoms with E-state index >= 15 is 0 Å². The summed E-state index contributed by atoms with van der Waals surface area (Å²) < 4.78 is 11.1. The quantitative estimate of drug-likeness (QED) is 0.504. The third kappa shape index (κ3) is 4.70. The Morgan fingerprint density at radius 3 is 2.42 bits per heavy atom. The van der Waals surface area contributed by atoms with Gasteiger partial charge in [-0.05, 0) is 63.1 Å². The summed E-state index contributed by atoms with van der Waals surface area (Å²) in [7, 11) is 0. The minimum Gasteiger partial charge on any atom is -0.503 e. The zero-order valence-electron chi connectivity index (χ0n) is 19.2. The summed E-state index contributed by atoms with van der Waals surface area (Å²) in [6.45, 7) is 8.08. The maximum atomic E-state index is 13.2. The number of aliphatic hydroxyl groups is 1. The summed E-state index contributed by atoms with van der Waals surface area (Å²) in [5.41, 5.74) is 2.28. The molecule has 6 heteroatoms. The number of carbonyl (C=O) groups is 2. The van der Waals surface area contributed by atoms with Crippen molar-refractivity contribution in [3.63, 3.8) is 0 Å². The lowest BCUT2D eigenvalue weighted by Crippen LogP contribution is -2.30. The molecule has 1 N–H and O–H groups in total. The van der Waals surface area contributed by atoms with Crippen LogP contribution in [-0.2, 0) is 11.3 Å². The molecule has 0 bridgehead atoms. The van der Waals surface area contributed by atoms with Gasteiger partial charge in [-0.1, -0.05) is 42.0 Å². The predicted octanol–water partition coefficient (Wildman–Crippen LogP) is 5.54. The van der Waals surface area contributed by atoms with E-state index in [1.165, 1.54) is 17.2 Å². The number of amides is 1. The van der Waals surface area contributed by atoms with Gasteiger partial charge >= 0.3 is 0 Å². The lowest BCUT2D eigenvalue weighted by atomic mass is 9.94. The molecule has 33 heavy (non-hydrogen) atoms. The van der Waals surface area contributed by atoms with E-state index in [0.29, 0.717) is 0 Å². The molecule has 2 aromatic carbocycles. The van der Waals surface area contributed by atoms with Gasteiger partial charge in [0.05, 0.1) is 17.9 Å². The van der Waals surface area contributed by atoms with Gasteiger partial charge < -0.3 is 19.2 Å². The number of furan rings is 1. The molecule has 1 aromatic heterocycles. The maximum Gasteiger partial charge on any atom is 0.290 e. The first-order valence-corrected chi connectivity index (χ1v) is 10.8. The predicted molar refractivity (Wildman–Crippen MR) is 124 cm³/mol. The van der Waals surface area contributed by atoms with Crippen molar-refractivity contribution < 1.29 is 23.8 Å². The second-order valence-corrected chi connectivity index (χ2v) is 9.18. The molecule has 0 saturated carbocycles. The van der Waals surface area contributed by atoms with Gasteiger partial charge in [0.15, 0.2) is 11.5 Å². The number of aryl methyl sites for hydroxylation is 1. The highest BCUT2D eigenvalue weighted by Crippen LogP contribution is 2.40. The standard InChI is InChI=1S/C27H27NO5/c1-17-7-5-8-19(15-17)23-22(24(29)21-9-6-14-32-21)25(30)26(31)28(23)16-18-10-12-20(13-11-18)33-27(2,3)4/h5-15,23,30H,16H2,1-4H3. The molecule has 1 unspecified atom stereocenters. The SMILES string of the molecule is Cc1cccc(C2C(C(=O)c3ccco3)=C(O)C(=O)N2Cc2ccc(OC(C)(C)C)cc2)c1. The van der Waals surface area contributed by atoms with Crippen LogP contribution in [0.4, 0.5) is 0 Å². The Bertz CT molecular complexity index is 1200. The molecule has 1 aliphatic heterocycles. The highest BCUT2D eigenvalue weighted by Gasteiger charge is 2.44. The Balaban J connectivity index is 1.70. The van der Waals surface area contributed by atoms with Crippen molar-refractivity contribution in [2.75, 3.05) is 0 Å². The molecular weight excluding hydrogens is 418 g/mol. The average molecular weight is 446 g/mol. The van der Waals surface area contributed by atoms with E-state index in [1.807, 2.05) is 76.2 Å². The van der Waals surface area contributed by atoms with Crippen molar-refractivity contribution in [1.29, 1.82) is 0 Å². The summed E-state index contributed by atoms with van der Waals surface area (Å²) in [5, 5.41) is 10.8. The molecular formula is C27H27NO5. The van der Waals surface area contributed by atoms with E-state index in [1.54, 1.807) is 6.07 Å². The zero-order valence-corrected chi connectivity index (χ0v) is 19.2. The normalized spacial score (nSPS) is 16.4. The van der Waals surface area contributed by atoms with Crippen molar-refractivity contribution in [2.45, 2.75) is 45.9 Å². The van der Waals surface area contributed by atoms with Crippen LogP contribution in [0.25, 0.3) is 0 Å². The van der Waals surface area contributed by atoms with Gasteiger partial charge in [0.25, 0.3) is 5.91 Å². The van der Waals surface area contributed by atoms with Crippen LogP contribution in [0.3, 0.4) is 0 Å². The molecule has 3 aromatic rings. The van der Waals surface area contributed by atoms with Gasteiger partial charge in [-0.25, -0.2) is 0 Å². The van der Waals surface area contributed by atoms with Gasteiger partial charge in [-0.15, -0.1) is 0 Å². The number of ketones is 1. The molecule has 170 valence electrons. The highest BCUT2D eigenvalue weighted by atomic mass is 16.5. The average Bonchev–Trinajstić information content (AvgIpc) is 3.37. The van der Waals surface area contributed by atoms with Gasteiger partial charge in [0.1, 0.15) is 11.4 Å². The number of rotatable bonds is 6. The summed E-state index contributed by atoms with van der Waals surface area (Å²) in [5.74, 6) is -0.841. The summed E-state index contributed by atoms with van der Waals surface area (Å²) in [6, 6.07) is 17.4. The monoisotopic (exact) mass is 445 g/mol. The van der Waals surface area contributed by atoms with Crippen LogP contribution < -0.4 is 4.74 Å². The number of carbonyl (C=O) groups excluding carboxylic acids is 2. The van der Waals surface area contributed by atoms with Crippen LogP contribution in [0.2, 0.25) is 0 Å². The molecule has 0 saturated heterocycles. The van der Waals surface area contributed by atoms with E-state index in [4.69, 9.17) is 9.15 Å². The number of nitrogens with zero attached hydrogens (tertiary/aromatic N) is 1. The lowest BCUT2D eigenvalue weighted by Gasteiger charge is -2.27. The Morgan fingerprint density at radius 2 is 1.82 bits per heavy atom. The van der Waals surface area contributed by atoms with Crippen LogP contribution in [0.1, 0.15) is 54.1 Å². The van der Waals surface area contributed by atoms with Crippen LogP contribution in [0, 0.1) is 6.92 Å². The van der Waals surface area contributed by atoms with Gasteiger partial charge in [-0.3, -0.25) is 9.59 Å². The van der Waals surface area contributed by atoms with Crippen LogP contribution >= 0.6 is 0 Å². The lowest BCUT2D eigenvalue weighted by molar-refractivity contribution is -0.130. The minimum absolute atomic E-state index is 0.0215. The van der Waals surface area contributed by atoms with Crippen molar-refractivity contribution in [1.82, 2.24) is 4.90 Å². The van der Waals surface area contributed by atoms with Crippen molar-refractivity contribution >= 4 is 11.7 Å². The zero-order chi connectivity index (χ0) is 23.8. The molecule has 0 spiro atoms. The molecule has 0 aliphatic carbocycles. The Kier molecular flexibility index (Phi) is 5.85. The number of benzene rings is 2. The fraction of sp³-hybridized carbons (Fsp3) is 0.259. The highest BCUT2D eigenvalue weighted by molar-refractivity contribution is 6.15. The first kappa shape index (κ1) is 22.4. The summed E-state index contributed by atoms with van der Waals surface area (Å²) in [4.78, 5) is 27.8. The van der Waals surface area contributed by atoms with Crippen LogP contribution in [-0.4, -0.2) is 27.3 Å². The van der Waals surface area contributed by atoms with Gasteiger partial charge in [0.2, 0.25) is 5.78 Å². The first-order chi connectivity index (χ1) is 15.6. The maximum absolute atomic E-state index is 13.2. The number of hydrogen-bond donors (Lipinski definition) is 1. The molecule has 2 heterocycles. The molecule has 0 radical (unpaired) electrons. The smallest absolute Gasteiger partial charge is 0.290 e. The van der Waals surface area contributed by atoms with E-state index in [0.717, 1.165) is 22.4 Å². The van der Waals surface area contributed by atoms with E-state index in [-0.39, 0.29) is 23.5 Å². The minimum atomic E-state index is -0.736. The van der Waals surface area contributed by atoms with Crippen LogP contribution in [0.5, 0.6) is 5.75 Å². The number of aliphatic hydroxyl groups excluding tert-OH is 1. The van der Waals surface area contributed by atoms with Crippen molar-refractivity contribution in [3.05, 3.63) is 101 Å². The first-order valence-electron chi connectivity index (χ1n) is 10.8. The Hall–Kier alpha value is -3.80. The topological polar surface area (TPSA) is 80.0 Å². The third-order valence-corrected chi connectivity index (χ3v) is 5.35. The third-order valence-electron chi connectivity index (χ3n) is 5.35. The van der Waals surface area contributed by atoms with E-state index in [2.05, 4.69) is 0 Å². The van der Waals surface area contributed by atoms with Gasteiger partial charge in [0, 0.05) is 6.54 Å². The number of Topliss-reactive ketones (excluding diaryl/α,β-unsaturated/α-hetero) is 1. The Morgan fingerprint density at radius 1 is 1.09 bits per heavy atom. The molecule has 1 aliphatic rings. The molecule has 1 amide bonds. The molecule has 1 atom stereocenters. The van der Waals surface area contributed by atoms with E-state index < -0.39 is 23.5 Å². The van der Waals surface area contributed by atoms with Crippen molar-refractivity contribution in [3.8, 4) is 5.75 Å². The molecule has 6 nitrogen and oxygen atoms in total.